The first-order valence-electron chi connectivity index (χ1n) is 7.83. The lowest BCUT2D eigenvalue weighted by atomic mass is 10.1. The maximum Gasteiger partial charge on any atom is 0.257 e. The van der Waals surface area contributed by atoms with E-state index < -0.39 is 0 Å². The number of fused-ring (bicyclic) bond motifs is 2. The van der Waals surface area contributed by atoms with Crippen molar-refractivity contribution in [1.29, 1.82) is 0 Å². The van der Waals surface area contributed by atoms with Gasteiger partial charge in [0.15, 0.2) is 11.5 Å². The van der Waals surface area contributed by atoms with Gasteiger partial charge in [-0.2, -0.15) is 0 Å². The van der Waals surface area contributed by atoms with E-state index in [9.17, 15) is 4.79 Å². The van der Waals surface area contributed by atoms with Crippen LogP contribution in [0.4, 0.5) is 5.95 Å². The number of aromatic nitrogens is 2. The molecule has 24 heavy (non-hydrogen) atoms. The van der Waals surface area contributed by atoms with Crippen LogP contribution in [-0.4, -0.2) is 48.2 Å². The van der Waals surface area contributed by atoms with Gasteiger partial charge in [0.2, 0.25) is 12.7 Å². The molecule has 1 aromatic carbocycles. The quantitative estimate of drug-likeness (QED) is 0.847. The Kier molecular flexibility index (Phi) is 3.48. The molecule has 0 N–H and O–H groups in total. The number of rotatable bonds is 4. The molecule has 2 aliphatic heterocycles. The van der Waals surface area contributed by atoms with Gasteiger partial charge >= 0.3 is 0 Å². The summed E-state index contributed by atoms with van der Waals surface area (Å²) in [6.07, 6.45) is 2.38. The Morgan fingerprint density at radius 1 is 1.25 bits per heavy atom. The minimum Gasteiger partial charge on any atom is -0.454 e. The zero-order chi connectivity index (χ0) is 16.7. The topological polar surface area (TPSA) is 67.8 Å². The molecule has 0 aliphatic carbocycles. The fraction of sp³-hybridized carbons (Fsp3) is 0.353. The van der Waals surface area contributed by atoms with Crippen LogP contribution in [0.25, 0.3) is 0 Å². The number of carbonyl (C=O) groups excluding carboxylic acids is 1. The molecule has 124 valence electrons. The van der Waals surface area contributed by atoms with Crippen LogP contribution < -0.4 is 14.4 Å². The highest BCUT2D eigenvalue weighted by Crippen LogP contribution is 2.32. The molecule has 7 heteroatoms. The van der Waals surface area contributed by atoms with Crippen LogP contribution in [0.1, 0.15) is 21.6 Å². The highest BCUT2D eigenvalue weighted by atomic mass is 16.7. The van der Waals surface area contributed by atoms with Crippen LogP contribution >= 0.6 is 0 Å². The van der Waals surface area contributed by atoms with Gasteiger partial charge in [-0.15, -0.1) is 0 Å². The second-order valence-electron chi connectivity index (χ2n) is 6.09. The van der Waals surface area contributed by atoms with Crippen molar-refractivity contribution in [3.63, 3.8) is 0 Å². The Bertz CT molecular complexity index is 806. The molecule has 7 nitrogen and oxygen atoms in total. The summed E-state index contributed by atoms with van der Waals surface area (Å²) in [4.78, 5) is 24.8. The molecule has 2 aliphatic rings. The Labute approximate surface area is 139 Å². The van der Waals surface area contributed by atoms with Crippen molar-refractivity contribution in [2.75, 3.05) is 32.3 Å². The molecular formula is C17H18N4O3. The number of carbonyl (C=O) groups is 1. The average molecular weight is 326 g/mol. The minimum atomic E-state index is -0.00366. The second-order valence-corrected chi connectivity index (χ2v) is 6.09. The molecule has 4 rings (SSSR count). The van der Waals surface area contributed by atoms with Crippen LogP contribution in [0.3, 0.4) is 0 Å². The van der Waals surface area contributed by atoms with E-state index in [0.717, 1.165) is 29.2 Å². The van der Waals surface area contributed by atoms with Gasteiger partial charge in [0.25, 0.3) is 5.91 Å². The molecule has 0 fully saturated rings. The number of amides is 1. The maximum absolute atomic E-state index is 12.5. The lowest BCUT2D eigenvalue weighted by Crippen LogP contribution is -2.26. The van der Waals surface area contributed by atoms with E-state index in [1.54, 1.807) is 6.20 Å². The first kappa shape index (κ1) is 14.7. The predicted molar refractivity (Wildman–Crippen MR) is 87.4 cm³/mol. The molecule has 3 heterocycles. The minimum absolute atomic E-state index is 0.00366. The number of anilines is 1. The van der Waals surface area contributed by atoms with Crippen LogP contribution in [0.2, 0.25) is 0 Å². The average Bonchev–Trinajstić information content (AvgIpc) is 3.16. The third kappa shape index (κ3) is 2.51. The normalized spacial score (nSPS) is 14.9. The molecule has 0 radical (unpaired) electrons. The third-order valence-electron chi connectivity index (χ3n) is 4.22. The van der Waals surface area contributed by atoms with E-state index in [4.69, 9.17) is 9.47 Å². The Morgan fingerprint density at radius 2 is 2.08 bits per heavy atom. The van der Waals surface area contributed by atoms with Crippen molar-refractivity contribution in [3.8, 4) is 11.5 Å². The standard InChI is InChI=1S/C17H18N4O3/c1-20(2)17-18-8-12-13(19-17)9-21(16(12)22)6-5-11-3-4-14-15(7-11)24-10-23-14/h3-4,7-8H,5-6,9-10H2,1-2H3. The summed E-state index contributed by atoms with van der Waals surface area (Å²) in [7, 11) is 3.77. The van der Waals surface area contributed by atoms with E-state index in [1.807, 2.05) is 42.1 Å². The molecule has 1 amide bonds. The SMILES string of the molecule is CN(C)c1ncc2c(n1)CN(CCc1ccc3c(c1)OCO3)C2=O. The molecule has 0 atom stereocenters. The number of hydrogen-bond acceptors (Lipinski definition) is 6. The number of benzene rings is 1. The van der Waals surface area contributed by atoms with Gasteiger partial charge in [-0.3, -0.25) is 4.79 Å². The summed E-state index contributed by atoms with van der Waals surface area (Å²) < 4.78 is 10.7. The van der Waals surface area contributed by atoms with Gasteiger partial charge in [0.1, 0.15) is 0 Å². The summed E-state index contributed by atoms with van der Waals surface area (Å²) in [5.74, 6) is 2.16. The lowest BCUT2D eigenvalue weighted by Gasteiger charge is -2.15. The van der Waals surface area contributed by atoms with Gasteiger partial charge in [-0.05, 0) is 24.1 Å². The summed E-state index contributed by atoms with van der Waals surface area (Å²) in [6, 6.07) is 5.89. The van der Waals surface area contributed by atoms with Crippen molar-refractivity contribution in [3.05, 3.63) is 41.2 Å². The van der Waals surface area contributed by atoms with Crippen molar-refractivity contribution >= 4 is 11.9 Å². The summed E-state index contributed by atoms with van der Waals surface area (Å²) >= 11 is 0. The van der Waals surface area contributed by atoms with Crippen molar-refractivity contribution in [2.45, 2.75) is 13.0 Å². The monoisotopic (exact) mass is 326 g/mol. The third-order valence-corrected chi connectivity index (χ3v) is 4.22. The fourth-order valence-corrected chi connectivity index (χ4v) is 2.89. The summed E-state index contributed by atoms with van der Waals surface area (Å²) in [6.45, 7) is 1.43. The Hall–Kier alpha value is -2.83. The van der Waals surface area contributed by atoms with Gasteiger partial charge in [-0.25, -0.2) is 9.97 Å². The number of hydrogen-bond donors (Lipinski definition) is 0. The van der Waals surface area contributed by atoms with Gasteiger partial charge < -0.3 is 19.3 Å². The molecule has 0 unspecified atom stereocenters. The first-order valence-corrected chi connectivity index (χ1v) is 7.83. The molecule has 2 aromatic rings. The Balaban J connectivity index is 1.45. The first-order chi connectivity index (χ1) is 11.6. The zero-order valence-electron chi connectivity index (χ0n) is 13.7. The highest BCUT2D eigenvalue weighted by molar-refractivity contribution is 5.97. The summed E-state index contributed by atoms with van der Waals surface area (Å²) in [5, 5.41) is 0. The Morgan fingerprint density at radius 3 is 2.92 bits per heavy atom. The molecule has 0 saturated carbocycles. The maximum atomic E-state index is 12.5. The molecule has 0 spiro atoms. The van der Waals surface area contributed by atoms with Crippen LogP contribution in [-0.2, 0) is 13.0 Å². The van der Waals surface area contributed by atoms with Crippen LogP contribution in [0, 0.1) is 0 Å². The van der Waals surface area contributed by atoms with Crippen molar-refractivity contribution < 1.29 is 14.3 Å². The van der Waals surface area contributed by atoms with Gasteiger partial charge in [-0.1, -0.05) is 6.07 Å². The van der Waals surface area contributed by atoms with E-state index >= 15 is 0 Å². The molecule has 0 saturated heterocycles. The van der Waals surface area contributed by atoms with E-state index in [0.29, 0.717) is 24.6 Å². The zero-order valence-corrected chi connectivity index (χ0v) is 13.7. The van der Waals surface area contributed by atoms with Gasteiger partial charge in [0, 0.05) is 26.8 Å². The number of ether oxygens (including phenoxy) is 2. The van der Waals surface area contributed by atoms with E-state index in [1.165, 1.54) is 0 Å². The molecule has 1 aromatic heterocycles. The van der Waals surface area contributed by atoms with Crippen LogP contribution in [0.15, 0.2) is 24.4 Å². The number of nitrogens with zero attached hydrogens (tertiary/aromatic N) is 4. The predicted octanol–water partition coefficient (Wildman–Crippen LogP) is 1.47. The fourth-order valence-electron chi connectivity index (χ4n) is 2.89. The highest BCUT2D eigenvalue weighted by Gasteiger charge is 2.29. The van der Waals surface area contributed by atoms with Gasteiger partial charge in [0.05, 0.1) is 17.8 Å². The van der Waals surface area contributed by atoms with E-state index in [2.05, 4.69) is 9.97 Å². The van der Waals surface area contributed by atoms with Crippen molar-refractivity contribution in [1.82, 2.24) is 14.9 Å². The molecular weight excluding hydrogens is 308 g/mol. The van der Waals surface area contributed by atoms with Crippen LogP contribution in [0.5, 0.6) is 11.5 Å². The van der Waals surface area contributed by atoms with E-state index in [-0.39, 0.29) is 12.7 Å². The largest absolute Gasteiger partial charge is 0.454 e. The molecule has 0 bridgehead atoms. The lowest BCUT2D eigenvalue weighted by molar-refractivity contribution is 0.0779. The smallest absolute Gasteiger partial charge is 0.257 e. The second kappa shape index (κ2) is 5.67. The summed E-state index contributed by atoms with van der Waals surface area (Å²) in [5.41, 5.74) is 2.51. The van der Waals surface area contributed by atoms with Crippen molar-refractivity contribution in [2.24, 2.45) is 0 Å².